The number of anilines is 3. The zero-order chi connectivity index (χ0) is 21.8. The van der Waals surface area contributed by atoms with Crippen LogP contribution in [-0.2, 0) is 16.1 Å². The van der Waals surface area contributed by atoms with Gasteiger partial charge < -0.3 is 20.3 Å². The summed E-state index contributed by atoms with van der Waals surface area (Å²) in [6.07, 6.45) is 2.33. The highest BCUT2D eigenvalue weighted by atomic mass is 16.5. The van der Waals surface area contributed by atoms with Crippen molar-refractivity contribution in [3.8, 4) is 0 Å². The number of amides is 1. The van der Waals surface area contributed by atoms with E-state index >= 15 is 0 Å². The van der Waals surface area contributed by atoms with Crippen molar-refractivity contribution in [1.29, 1.82) is 0 Å². The summed E-state index contributed by atoms with van der Waals surface area (Å²) in [6, 6.07) is 7.79. The average molecular weight is 424 g/mol. The third-order valence-electron chi connectivity index (χ3n) is 5.31. The van der Waals surface area contributed by atoms with Crippen LogP contribution >= 0.6 is 0 Å². The zero-order valence-corrected chi connectivity index (χ0v) is 18.3. The van der Waals surface area contributed by atoms with Crippen molar-refractivity contribution >= 4 is 29.1 Å². The Hall–Kier alpha value is -3.20. The lowest BCUT2D eigenvalue weighted by molar-refractivity contribution is -0.115. The highest BCUT2D eigenvalue weighted by molar-refractivity contribution is 5.90. The maximum Gasteiger partial charge on any atom is 0.230 e. The number of hydrogen-bond donors (Lipinski definition) is 2. The monoisotopic (exact) mass is 423 g/mol. The van der Waals surface area contributed by atoms with Crippen molar-refractivity contribution in [2.24, 2.45) is 0 Å². The molecule has 31 heavy (non-hydrogen) atoms. The first-order valence-corrected chi connectivity index (χ1v) is 10.8. The van der Waals surface area contributed by atoms with Gasteiger partial charge in [0.1, 0.15) is 0 Å². The molecule has 2 aromatic heterocycles. The molecule has 164 valence electrons. The van der Waals surface area contributed by atoms with E-state index in [9.17, 15) is 4.79 Å². The molecule has 1 aliphatic rings. The Bertz CT molecular complexity index is 1040. The van der Waals surface area contributed by atoms with Gasteiger partial charge in [0, 0.05) is 37.3 Å². The summed E-state index contributed by atoms with van der Waals surface area (Å²) in [7, 11) is 0. The van der Waals surface area contributed by atoms with Gasteiger partial charge in [0.05, 0.1) is 19.4 Å². The quantitative estimate of drug-likeness (QED) is 0.603. The van der Waals surface area contributed by atoms with Crippen LogP contribution < -0.4 is 15.5 Å². The van der Waals surface area contributed by atoms with Crippen molar-refractivity contribution in [2.75, 3.05) is 41.8 Å². The van der Waals surface area contributed by atoms with E-state index in [-0.39, 0.29) is 5.91 Å². The van der Waals surface area contributed by atoms with E-state index in [0.29, 0.717) is 44.0 Å². The van der Waals surface area contributed by atoms with Crippen LogP contribution in [0.5, 0.6) is 0 Å². The fourth-order valence-electron chi connectivity index (χ4n) is 3.45. The molecule has 1 amide bonds. The Morgan fingerprint density at radius 3 is 2.58 bits per heavy atom. The number of rotatable bonds is 7. The van der Waals surface area contributed by atoms with E-state index in [2.05, 4.69) is 34.5 Å². The maximum atomic E-state index is 11.6. The number of morpholine rings is 1. The smallest absolute Gasteiger partial charge is 0.230 e. The Morgan fingerprint density at radius 2 is 1.90 bits per heavy atom. The largest absolute Gasteiger partial charge is 0.378 e. The van der Waals surface area contributed by atoms with E-state index in [1.54, 1.807) is 4.52 Å². The zero-order valence-electron chi connectivity index (χ0n) is 18.3. The third kappa shape index (κ3) is 4.77. The van der Waals surface area contributed by atoms with Gasteiger partial charge in [-0.15, -0.1) is 0 Å². The molecule has 0 unspecified atom stereocenters. The summed E-state index contributed by atoms with van der Waals surface area (Å²) in [5.41, 5.74) is 3.79. The van der Waals surface area contributed by atoms with E-state index in [4.69, 9.17) is 14.7 Å². The minimum Gasteiger partial charge on any atom is -0.378 e. The molecule has 9 nitrogen and oxygen atoms in total. The number of aromatic nitrogens is 4. The molecule has 0 radical (unpaired) electrons. The number of nitrogens with zero attached hydrogens (tertiary/aromatic N) is 5. The van der Waals surface area contributed by atoms with Crippen LogP contribution in [0.2, 0.25) is 0 Å². The van der Waals surface area contributed by atoms with Crippen LogP contribution in [0, 0.1) is 0 Å². The van der Waals surface area contributed by atoms with Crippen LogP contribution in [0.3, 0.4) is 0 Å². The lowest BCUT2D eigenvalue weighted by Crippen LogP contribution is -2.37. The third-order valence-corrected chi connectivity index (χ3v) is 5.31. The van der Waals surface area contributed by atoms with Crippen molar-refractivity contribution in [3.05, 3.63) is 41.6 Å². The average Bonchev–Trinajstić information content (AvgIpc) is 3.23. The fourth-order valence-corrected chi connectivity index (χ4v) is 3.45. The molecule has 1 aromatic carbocycles. The molecular formula is C22H29N7O2. The van der Waals surface area contributed by atoms with E-state index in [0.717, 1.165) is 35.6 Å². The molecule has 2 N–H and O–H groups in total. The summed E-state index contributed by atoms with van der Waals surface area (Å²) in [4.78, 5) is 23.3. The van der Waals surface area contributed by atoms with E-state index < -0.39 is 0 Å². The number of fused-ring (bicyclic) bond motifs is 1. The minimum atomic E-state index is 0.00420. The van der Waals surface area contributed by atoms with Crippen molar-refractivity contribution in [1.82, 2.24) is 19.6 Å². The molecule has 4 rings (SSSR count). The van der Waals surface area contributed by atoms with Gasteiger partial charge in [-0.25, -0.2) is 0 Å². The first kappa shape index (κ1) is 21.0. The molecular weight excluding hydrogens is 394 g/mol. The second-order valence-corrected chi connectivity index (χ2v) is 7.89. The second-order valence-electron chi connectivity index (χ2n) is 7.89. The van der Waals surface area contributed by atoms with Crippen LogP contribution in [-0.4, -0.2) is 51.8 Å². The van der Waals surface area contributed by atoms with Crippen LogP contribution in [0.1, 0.15) is 44.2 Å². The summed E-state index contributed by atoms with van der Waals surface area (Å²) >= 11 is 0. The number of benzene rings is 1. The number of ether oxygens (including phenoxy) is 1. The van der Waals surface area contributed by atoms with E-state index in [1.165, 1.54) is 0 Å². The SMILES string of the molecule is CCC(=O)Nc1ccc(CNc2nc(N3CCOCC3)nc3c(C(C)C)cnn23)cc1. The van der Waals surface area contributed by atoms with Gasteiger partial charge in [0.15, 0.2) is 5.65 Å². The first-order valence-electron chi connectivity index (χ1n) is 10.8. The lowest BCUT2D eigenvalue weighted by atomic mass is 10.1. The fraction of sp³-hybridized carbons (Fsp3) is 0.455. The Kier molecular flexibility index (Phi) is 6.31. The number of hydrogen-bond acceptors (Lipinski definition) is 7. The molecule has 9 heteroatoms. The van der Waals surface area contributed by atoms with Gasteiger partial charge in [-0.05, 0) is 23.6 Å². The van der Waals surface area contributed by atoms with Crippen LogP contribution in [0.15, 0.2) is 30.5 Å². The summed E-state index contributed by atoms with van der Waals surface area (Å²) < 4.78 is 7.25. The van der Waals surface area contributed by atoms with Gasteiger partial charge >= 0.3 is 0 Å². The van der Waals surface area contributed by atoms with Crippen molar-refractivity contribution < 1.29 is 9.53 Å². The van der Waals surface area contributed by atoms with Crippen molar-refractivity contribution in [3.63, 3.8) is 0 Å². The molecule has 0 spiro atoms. The Balaban J connectivity index is 1.58. The Labute approximate surface area is 181 Å². The summed E-state index contributed by atoms with van der Waals surface area (Å²) in [5.74, 6) is 1.66. The molecule has 1 fully saturated rings. The van der Waals surface area contributed by atoms with E-state index in [1.807, 2.05) is 37.4 Å². The summed E-state index contributed by atoms with van der Waals surface area (Å²) in [5, 5.41) is 10.8. The molecule has 0 bridgehead atoms. The molecule has 0 aliphatic carbocycles. The normalized spacial score (nSPS) is 14.3. The van der Waals surface area contributed by atoms with Gasteiger partial charge in [-0.3, -0.25) is 4.79 Å². The molecule has 3 heterocycles. The minimum absolute atomic E-state index is 0.00420. The highest BCUT2D eigenvalue weighted by Gasteiger charge is 2.20. The predicted molar refractivity (Wildman–Crippen MR) is 121 cm³/mol. The molecule has 0 atom stereocenters. The van der Waals surface area contributed by atoms with Gasteiger partial charge in [0.25, 0.3) is 0 Å². The number of carbonyl (C=O) groups is 1. The second kappa shape index (κ2) is 9.30. The number of carbonyl (C=O) groups excluding carboxylic acids is 1. The van der Waals surface area contributed by atoms with Gasteiger partial charge in [-0.2, -0.15) is 19.6 Å². The molecule has 0 saturated carbocycles. The van der Waals surface area contributed by atoms with Gasteiger partial charge in [0.2, 0.25) is 17.8 Å². The van der Waals surface area contributed by atoms with Gasteiger partial charge in [-0.1, -0.05) is 32.9 Å². The Morgan fingerprint density at radius 1 is 1.16 bits per heavy atom. The molecule has 1 saturated heterocycles. The highest BCUT2D eigenvalue weighted by Crippen LogP contribution is 2.24. The number of nitrogens with one attached hydrogen (secondary N) is 2. The standard InChI is InChI=1S/C22H29N7O2/c1-4-19(30)25-17-7-5-16(6-8-17)13-23-21-27-22(28-9-11-31-12-10-28)26-20-18(15(2)3)14-24-29(20)21/h5-8,14-15H,4,9-13H2,1-3H3,(H,25,30)(H,23,26,27). The lowest BCUT2D eigenvalue weighted by Gasteiger charge is -2.27. The molecule has 1 aliphatic heterocycles. The van der Waals surface area contributed by atoms with Crippen LogP contribution in [0.25, 0.3) is 5.65 Å². The van der Waals surface area contributed by atoms with Crippen molar-refractivity contribution in [2.45, 2.75) is 39.7 Å². The first-order chi connectivity index (χ1) is 15.0. The van der Waals surface area contributed by atoms with Crippen LogP contribution in [0.4, 0.5) is 17.6 Å². The maximum absolute atomic E-state index is 11.6. The summed E-state index contributed by atoms with van der Waals surface area (Å²) in [6.45, 7) is 9.58. The topological polar surface area (TPSA) is 96.7 Å². The molecule has 3 aromatic rings. The predicted octanol–water partition coefficient (Wildman–Crippen LogP) is 3.04.